The molecule has 0 spiro atoms. The Hall–Kier alpha value is -6.09. The lowest BCUT2D eigenvalue weighted by Gasteiger charge is -2.34. The van der Waals surface area contributed by atoms with E-state index in [1.54, 1.807) is 40.9 Å². The van der Waals surface area contributed by atoms with E-state index in [2.05, 4.69) is 35.7 Å². The molecule has 3 amide bonds. The molecule has 1 aliphatic heterocycles. The van der Waals surface area contributed by atoms with Gasteiger partial charge in [-0.3, -0.25) is 19.2 Å². The molecule has 0 atom stereocenters. The maximum atomic E-state index is 13.6. The van der Waals surface area contributed by atoms with E-state index < -0.39 is 11.7 Å². The van der Waals surface area contributed by atoms with Crippen molar-refractivity contribution in [3.8, 4) is 11.6 Å². The molecule has 0 unspecified atom stereocenters. The molecule has 20 nitrogen and oxygen atoms in total. The Morgan fingerprint density at radius 2 is 1.55 bits per heavy atom. The van der Waals surface area contributed by atoms with Gasteiger partial charge in [0.05, 0.1) is 88.3 Å². The zero-order valence-electron chi connectivity index (χ0n) is 32.5. The van der Waals surface area contributed by atoms with Gasteiger partial charge in [0.2, 0.25) is 5.91 Å². The van der Waals surface area contributed by atoms with E-state index in [9.17, 15) is 19.2 Å². The second-order valence-corrected chi connectivity index (χ2v) is 13.0. The monoisotopic (exact) mass is 801 g/mol. The standard InChI is InChI=1S/C38H47N11O9/c1-39-32(50)9-8-28-24-48(45-43-28)14-15-55-16-17-56-18-19-57-20-21-58-25-31-42-26-49(44-31)36-34-33(30(54-2)23-41-36)29(22-40-34)35(51)38(53)47-12-10-46(11-13-47)37(52)27-6-4-3-5-7-27/h3-7,22-24,26,40H,8-21,25H2,1-2H3,(H,39,50). The van der Waals surface area contributed by atoms with Crippen molar-refractivity contribution >= 4 is 34.4 Å². The molecule has 2 N–H and O–H groups in total. The summed E-state index contributed by atoms with van der Waals surface area (Å²) in [6, 6.07) is 8.96. The van der Waals surface area contributed by atoms with Gasteiger partial charge >= 0.3 is 0 Å². The molecule has 1 aliphatic rings. The van der Waals surface area contributed by atoms with Gasteiger partial charge in [0.15, 0.2) is 11.6 Å². The molecule has 0 bridgehead atoms. The number of H-pyrrole nitrogens is 1. The SMILES string of the molecule is CNC(=O)CCc1cn(CCOCCOCCOCCOCc2ncn(-c3ncc(OC)c4c(C(=O)C(=O)N5CCN(C(=O)c6ccccc6)CC5)c[nH]c34)n2)nn1. The van der Waals surface area contributed by atoms with Crippen molar-refractivity contribution in [2.45, 2.75) is 26.0 Å². The van der Waals surface area contributed by atoms with E-state index in [1.165, 1.54) is 35.4 Å². The number of aryl methyl sites for hydroxylation is 1. The summed E-state index contributed by atoms with van der Waals surface area (Å²) in [6.45, 7) is 4.55. The summed E-state index contributed by atoms with van der Waals surface area (Å²) in [5.74, 6) is -0.459. The third kappa shape index (κ3) is 10.8. The number of nitrogens with zero attached hydrogens (tertiary/aromatic N) is 9. The van der Waals surface area contributed by atoms with E-state index in [1.807, 2.05) is 12.3 Å². The normalized spacial score (nSPS) is 12.9. The predicted octanol–water partition coefficient (Wildman–Crippen LogP) is 0.856. The number of benzene rings is 1. The topological polar surface area (TPSA) is 223 Å². The van der Waals surface area contributed by atoms with Crippen LogP contribution in [0.3, 0.4) is 0 Å². The number of nitrogens with one attached hydrogen (secondary N) is 2. The Balaban J connectivity index is 0.884. The van der Waals surface area contributed by atoms with Gasteiger partial charge in [0, 0.05) is 64.0 Å². The third-order valence-corrected chi connectivity index (χ3v) is 9.23. The molecule has 58 heavy (non-hydrogen) atoms. The number of carbonyl (C=O) groups excluding carboxylic acids is 4. The Bertz CT molecular complexity index is 2130. The van der Waals surface area contributed by atoms with Gasteiger partial charge in [-0.1, -0.05) is 23.4 Å². The molecule has 1 saturated heterocycles. The average Bonchev–Trinajstić information content (AvgIpc) is 4.04. The Labute approximate surface area is 333 Å². The Morgan fingerprint density at radius 1 is 0.862 bits per heavy atom. The highest BCUT2D eigenvalue weighted by molar-refractivity contribution is 6.45. The molecule has 5 heterocycles. The minimum absolute atomic E-state index is 0.0355. The number of carbonyl (C=O) groups is 4. The molecule has 0 saturated carbocycles. The number of Topliss-reactive ketones (excluding diaryl/α,β-unsaturated/α-hetero) is 1. The fraction of sp³-hybridized carbons (Fsp3) is 0.447. The smallest absolute Gasteiger partial charge is 0.295 e. The lowest BCUT2D eigenvalue weighted by atomic mass is 10.1. The van der Waals surface area contributed by atoms with Crippen LogP contribution in [0, 0.1) is 0 Å². The van der Waals surface area contributed by atoms with Crippen LogP contribution in [0.25, 0.3) is 16.7 Å². The van der Waals surface area contributed by atoms with E-state index in [-0.39, 0.29) is 37.1 Å². The summed E-state index contributed by atoms with van der Waals surface area (Å²) < 4.78 is 31.1. The number of hydrogen-bond donors (Lipinski definition) is 2. The summed E-state index contributed by atoms with van der Waals surface area (Å²) in [4.78, 5) is 66.2. The molecular formula is C38H47N11O9. The number of hydrogen-bond acceptors (Lipinski definition) is 14. The predicted molar refractivity (Wildman–Crippen MR) is 205 cm³/mol. The summed E-state index contributed by atoms with van der Waals surface area (Å²) in [7, 11) is 3.06. The van der Waals surface area contributed by atoms with Crippen molar-refractivity contribution in [2.75, 3.05) is 86.6 Å². The number of fused-ring (bicyclic) bond motifs is 1. The molecule has 308 valence electrons. The second kappa shape index (κ2) is 20.9. The van der Waals surface area contributed by atoms with Gasteiger partial charge in [0.25, 0.3) is 17.6 Å². The first-order valence-electron chi connectivity index (χ1n) is 18.9. The molecule has 5 aromatic rings. The molecule has 6 rings (SSSR count). The number of amides is 3. The number of ketones is 1. The third-order valence-electron chi connectivity index (χ3n) is 9.23. The summed E-state index contributed by atoms with van der Waals surface area (Å²) in [5.41, 5.74) is 1.91. The number of aromatic nitrogens is 8. The zero-order chi connectivity index (χ0) is 40.7. The minimum Gasteiger partial charge on any atom is -0.494 e. The van der Waals surface area contributed by atoms with Gasteiger partial charge in [-0.25, -0.2) is 19.3 Å². The van der Waals surface area contributed by atoms with Crippen LogP contribution in [0.1, 0.15) is 38.7 Å². The van der Waals surface area contributed by atoms with Crippen molar-refractivity contribution in [3.63, 3.8) is 0 Å². The highest BCUT2D eigenvalue weighted by atomic mass is 16.6. The van der Waals surface area contributed by atoms with Gasteiger partial charge in [-0.2, -0.15) is 0 Å². The van der Waals surface area contributed by atoms with Crippen molar-refractivity contribution in [1.29, 1.82) is 0 Å². The number of ether oxygens (including phenoxy) is 5. The number of methoxy groups -OCH3 is 1. The zero-order valence-corrected chi connectivity index (χ0v) is 32.5. The fourth-order valence-corrected chi connectivity index (χ4v) is 6.12. The summed E-state index contributed by atoms with van der Waals surface area (Å²) in [5, 5.41) is 15.6. The largest absolute Gasteiger partial charge is 0.494 e. The molecule has 0 radical (unpaired) electrons. The molecule has 1 aromatic carbocycles. The van der Waals surface area contributed by atoms with Crippen LogP contribution in [0.4, 0.5) is 0 Å². The Kier molecular flexibility index (Phi) is 15.0. The first-order chi connectivity index (χ1) is 28.4. The molecule has 4 aromatic heterocycles. The van der Waals surface area contributed by atoms with Crippen LogP contribution < -0.4 is 10.1 Å². The highest BCUT2D eigenvalue weighted by Gasteiger charge is 2.31. The lowest BCUT2D eigenvalue weighted by molar-refractivity contribution is -0.127. The van der Waals surface area contributed by atoms with Crippen molar-refractivity contribution in [1.82, 2.24) is 54.8 Å². The quantitative estimate of drug-likeness (QED) is 0.0563. The maximum absolute atomic E-state index is 13.6. The van der Waals surface area contributed by atoms with Crippen LogP contribution in [-0.2, 0) is 48.1 Å². The first-order valence-corrected chi connectivity index (χ1v) is 18.9. The Morgan fingerprint density at radius 3 is 2.26 bits per heavy atom. The van der Waals surface area contributed by atoms with Gasteiger partial charge in [-0.15, -0.1) is 10.2 Å². The van der Waals surface area contributed by atoms with Crippen molar-refractivity contribution in [2.24, 2.45) is 0 Å². The van der Waals surface area contributed by atoms with E-state index in [0.717, 1.165) is 5.69 Å². The number of pyridine rings is 1. The van der Waals surface area contributed by atoms with Crippen LogP contribution >= 0.6 is 0 Å². The number of piperazine rings is 1. The minimum atomic E-state index is -0.706. The van der Waals surface area contributed by atoms with Crippen LogP contribution in [0.2, 0.25) is 0 Å². The fourth-order valence-electron chi connectivity index (χ4n) is 6.12. The van der Waals surface area contributed by atoms with Crippen molar-refractivity contribution in [3.05, 3.63) is 77.9 Å². The van der Waals surface area contributed by atoms with Crippen LogP contribution in [0.5, 0.6) is 5.75 Å². The second-order valence-electron chi connectivity index (χ2n) is 13.0. The van der Waals surface area contributed by atoms with Crippen LogP contribution in [-0.4, -0.2) is 160 Å². The van der Waals surface area contributed by atoms with E-state index >= 15 is 0 Å². The molecule has 0 aliphatic carbocycles. The van der Waals surface area contributed by atoms with E-state index in [0.29, 0.717) is 113 Å². The number of aromatic amines is 1. The molecule has 20 heteroatoms. The summed E-state index contributed by atoms with van der Waals surface area (Å²) >= 11 is 0. The van der Waals surface area contributed by atoms with Gasteiger partial charge < -0.3 is 43.8 Å². The van der Waals surface area contributed by atoms with Gasteiger partial charge in [-0.05, 0) is 12.1 Å². The van der Waals surface area contributed by atoms with Crippen molar-refractivity contribution < 1.29 is 42.9 Å². The van der Waals surface area contributed by atoms with E-state index in [4.69, 9.17) is 23.7 Å². The van der Waals surface area contributed by atoms with Crippen LogP contribution in [0.15, 0.2) is 55.2 Å². The molecule has 1 fully saturated rings. The maximum Gasteiger partial charge on any atom is 0.295 e. The molecular weight excluding hydrogens is 754 g/mol. The first kappa shape index (κ1) is 41.5. The van der Waals surface area contributed by atoms with Gasteiger partial charge in [0.1, 0.15) is 18.7 Å². The number of rotatable bonds is 22. The lowest BCUT2D eigenvalue weighted by Crippen LogP contribution is -2.52. The highest BCUT2D eigenvalue weighted by Crippen LogP contribution is 2.32. The average molecular weight is 802 g/mol. The summed E-state index contributed by atoms with van der Waals surface area (Å²) in [6.07, 6.45) is 7.12.